The number of rotatable bonds is 2. The third kappa shape index (κ3) is 3.33. The van der Waals surface area contributed by atoms with Crippen molar-refractivity contribution in [2.24, 2.45) is 0 Å². The van der Waals surface area contributed by atoms with Crippen molar-refractivity contribution in [2.45, 2.75) is 38.0 Å². The summed E-state index contributed by atoms with van der Waals surface area (Å²) in [4.78, 5) is 27.7. The molecule has 0 aromatic carbocycles. The molecule has 1 N–H and O–H groups in total. The minimum Gasteiger partial charge on any atom is -0.453 e. The van der Waals surface area contributed by atoms with Gasteiger partial charge in [0.05, 0.1) is 24.6 Å². The van der Waals surface area contributed by atoms with Crippen LogP contribution in [-0.2, 0) is 4.74 Å². The summed E-state index contributed by atoms with van der Waals surface area (Å²) in [6.07, 6.45) is 7.28. The number of nitrogens with one attached hydrogen (secondary N) is 1. The average molecular weight is 320 g/mol. The van der Waals surface area contributed by atoms with Gasteiger partial charge in [0.15, 0.2) is 0 Å². The van der Waals surface area contributed by atoms with Crippen molar-refractivity contribution >= 4 is 12.0 Å². The number of hydrogen-bond donors (Lipinski definition) is 1. The quantitative estimate of drug-likeness (QED) is 0.904. The molecule has 7 nitrogen and oxygen atoms in total. The fourth-order valence-electron chi connectivity index (χ4n) is 3.56. The molecule has 0 spiro atoms. The molecular formula is C16H24N4O3. The second-order valence-electron chi connectivity index (χ2n) is 6.28. The standard InChI is InChI=1S/C16H24N4O3/c1-23-16(22)20-9-7-19(8-10-20)15(21)13-11-17-18-14(13)12-5-3-2-4-6-12/h11-12H,2-10H2,1H3,(H,17,18). The predicted octanol–water partition coefficient (Wildman–Crippen LogP) is 1.98. The second-order valence-corrected chi connectivity index (χ2v) is 6.28. The summed E-state index contributed by atoms with van der Waals surface area (Å²) in [6, 6.07) is 0. The van der Waals surface area contributed by atoms with Crippen molar-refractivity contribution in [2.75, 3.05) is 33.3 Å². The summed E-state index contributed by atoms with van der Waals surface area (Å²) in [6.45, 7) is 2.08. The summed E-state index contributed by atoms with van der Waals surface area (Å²) in [7, 11) is 1.38. The lowest BCUT2D eigenvalue weighted by atomic mass is 9.85. The van der Waals surface area contributed by atoms with Crippen LogP contribution in [0.5, 0.6) is 0 Å². The maximum absolute atomic E-state index is 12.8. The fraction of sp³-hybridized carbons (Fsp3) is 0.688. The maximum Gasteiger partial charge on any atom is 0.409 e. The number of hydrogen-bond acceptors (Lipinski definition) is 4. The van der Waals surface area contributed by atoms with Crippen LogP contribution in [0.15, 0.2) is 6.20 Å². The van der Waals surface area contributed by atoms with Crippen LogP contribution in [0.2, 0.25) is 0 Å². The highest BCUT2D eigenvalue weighted by Gasteiger charge is 2.29. The number of nitrogens with zero attached hydrogens (tertiary/aromatic N) is 3. The van der Waals surface area contributed by atoms with Crippen molar-refractivity contribution in [3.63, 3.8) is 0 Å². The van der Waals surface area contributed by atoms with Crippen LogP contribution in [-0.4, -0.2) is 65.3 Å². The molecule has 2 aliphatic rings. The molecular weight excluding hydrogens is 296 g/mol. The number of H-pyrrole nitrogens is 1. The lowest BCUT2D eigenvalue weighted by Gasteiger charge is -2.34. The topological polar surface area (TPSA) is 78.5 Å². The van der Waals surface area contributed by atoms with Gasteiger partial charge < -0.3 is 14.5 Å². The summed E-state index contributed by atoms with van der Waals surface area (Å²) in [5.41, 5.74) is 1.69. The van der Waals surface area contributed by atoms with Gasteiger partial charge in [-0.3, -0.25) is 9.89 Å². The number of carbonyl (C=O) groups is 2. The van der Waals surface area contributed by atoms with Gasteiger partial charge in [0.25, 0.3) is 5.91 Å². The molecule has 1 saturated heterocycles. The highest BCUT2D eigenvalue weighted by atomic mass is 16.5. The lowest BCUT2D eigenvalue weighted by molar-refractivity contribution is 0.0598. The number of piperazine rings is 1. The molecule has 1 aliphatic carbocycles. The smallest absolute Gasteiger partial charge is 0.409 e. The van der Waals surface area contributed by atoms with E-state index in [1.807, 2.05) is 0 Å². The minimum atomic E-state index is -0.330. The molecule has 1 saturated carbocycles. The Morgan fingerprint density at radius 2 is 1.78 bits per heavy atom. The first-order valence-corrected chi connectivity index (χ1v) is 8.36. The van der Waals surface area contributed by atoms with Crippen LogP contribution in [0.4, 0.5) is 4.79 Å². The third-order valence-electron chi connectivity index (χ3n) is 4.91. The minimum absolute atomic E-state index is 0.0174. The number of amides is 2. The van der Waals surface area contributed by atoms with Crippen LogP contribution in [0.25, 0.3) is 0 Å². The Labute approximate surface area is 136 Å². The molecule has 0 bridgehead atoms. The first kappa shape index (κ1) is 15.8. The van der Waals surface area contributed by atoms with Gasteiger partial charge >= 0.3 is 6.09 Å². The predicted molar refractivity (Wildman–Crippen MR) is 84.3 cm³/mol. The zero-order chi connectivity index (χ0) is 16.2. The van der Waals surface area contributed by atoms with Crippen LogP contribution < -0.4 is 0 Å². The number of methoxy groups -OCH3 is 1. The first-order chi connectivity index (χ1) is 11.2. The van der Waals surface area contributed by atoms with Gasteiger partial charge in [0.1, 0.15) is 0 Å². The zero-order valence-electron chi connectivity index (χ0n) is 13.6. The molecule has 126 valence electrons. The summed E-state index contributed by atoms with van der Waals surface area (Å²) in [5, 5.41) is 7.16. The highest BCUT2D eigenvalue weighted by molar-refractivity contribution is 5.95. The van der Waals surface area contributed by atoms with Crippen molar-refractivity contribution in [3.8, 4) is 0 Å². The fourth-order valence-corrected chi connectivity index (χ4v) is 3.56. The van der Waals surface area contributed by atoms with Crippen molar-refractivity contribution in [3.05, 3.63) is 17.5 Å². The molecule has 3 rings (SSSR count). The molecule has 0 atom stereocenters. The van der Waals surface area contributed by atoms with Crippen LogP contribution in [0.3, 0.4) is 0 Å². The van der Waals surface area contributed by atoms with E-state index in [-0.39, 0.29) is 12.0 Å². The normalized spacial score (nSPS) is 19.7. The highest BCUT2D eigenvalue weighted by Crippen LogP contribution is 2.33. The molecule has 1 aromatic heterocycles. The maximum atomic E-state index is 12.8. The van der Waals surface area contributed by atoms with E-state index in [1.165, 1.54) is 26.4 Å². The summed E-state index contributed by atoms with van der Waals surface area (Å²) >= 11 is 0. The van der Waals surface area contributed by atoms with Crippen LogP contribution in [0.1, 0.15) is 54.1 Å². The Balaban J connectivity index is 1.65. The van der Waals surface area contributed by atoms with E-state index in [0.29, 0.717) is 37.7 Å². The van der Waals surface area contributed by atoms with Gasteiger partial charge in [0, 0.05) is 32.1 Å². The monoisotopic (exact) mass is 320 g/mol. The summed E-state index contributed by atoms with van der Waals surface area (Å²) in [5.74, 6) is 0.436. The van der Waals surface area contributed by atoms with E-state index in [4.69, 9.17) is 4.74 Å². The molecule has 2 fully saturated rings. The van der Waals surface area contributed by atoms with Crippen LogP contribution >= 0.6 is 0 Å². The van der Waals surface area contributed by atoms with Gasteiger partial charge in [-0.25, -0.2) is 4.79 Å². The van der Waals surface area contributed by atoms with Gasteiger partial charge in [-0.1, -0.05) is 19.3 Å². The van der Waals surface area contributed by atoms with E-state index in [9.17, 15) is 9.59 Å². The zero-order valence-corrected chi connectivity index (χ0v) is 13.6. The van der Waals surface area contributed by atoms with E-state index in [0.717, 1.165) is 18.5 Å². The number of carbonyl (C=O) groups excluding carboxylic acids is 2. The number of aromatic amines is 1. The Bertz CT molecular complexity index is 557. The number of ether oxygens (including phenoxy) is 1. The molecule has 23 heavy (non-hydrogen) atoms. The molecule has 2 amide bonds. The lowest BCUT2D eigenvalue weighted by Crippen LogP contribution is -2.50. The van der Waals surface area contributed by atoms with Crippen molar-refractivity contribution in [1.82, 2.24) is 20.0 Å². The van der Waals surface area contributed by atoms with Crippen LogP contribution in [0, 0.1) is 0 Å². The molecule has 1 aromatic rings. The Hall–Kier alpha value is -2.05. The van der Waals surface area contributed by atoms with Gasteiger partial charge in [-0.15, -0.1) is 0 Å². The van der Waals surface area contributed by atoms with E-state index in [2.05, 4.69) is 10.2 Å². The Morgan fingerprint density at radius 3 is 2.43 bits per heavy atom. The van der Waals surface area contributed by atoms with E-state index >= 15 is 0 Å². The first-order valence-electron chi connectivity index (χ1n) is 8.36. The summed E-state index contributed by atoms with van der Waals surface area (Å²) < 4.78 is 4.72. The molecule has 0 radical (unpaired) electrons. The van der Waals surface area contributed by atoms with Gasteiger partial charge in [-0.2, -0.15) is 5.10 Å². The Kier molecular flexibility index (Phi) is 4.83. The van der Waals surface area contributed by atoms with Crippen molar-refractivity contribution in [1.29, 1.82) is 0 Å². The Morgan fingerprint density at radius 1 is 1.13 bits per heavy atom. The van der Waals surface area contributed by atoms with Crippen molar-refractivity contribution < 1.29 is 14.3 Å². The number of aromatic nitrogens is 2. The molecule has 7 heteroatoms. The largest absolute Gasteiger partial charge is 0.453 e. The van der Waals surface area contributed by atoms with Gasteiger partial charge in [0.2, 0.25) is 0 Å². The van der Waals surface area contributed by atoms with E-state index in [1.54, 1.807) is 16.0 Å². The second kappa shape index (κ2) is 7.02. The van der Waals surface area contributed by atoms with Gasteiger partial charge in [-0.05, 0) is 12.8 Å². The third-order valence-corrected chi connectivity index (χ3v) is 4.91. The average Bonchev–Trinajstić information content (AvgIpc) is 3.11. The molecule has 0 unspecified atom stereocenters. The SMILES string of the molecule is COC(=O)N1CCN(C(=O)c2cn[nH]c2C2CCCCC2)CC1. The van der Waals surface area contributed by atoms with E-state index < -0.39 is 0 Å². The molecule has 1 aliphatic heterocycles. The molecule has 2 heterocycles.